The second-order valence-electron chi connectivity index (χ2n) is 5.80. The van der Waals surface area contributed by atoms with Gasteiger partial charge >= 0.3 is 12.1 Å². The van der Waals surface area contributed by atoms with Crippen molar-refractivity contribution in [3.63, 3.8) is 0 Å². The third kappa shape index (κ3) is 5.75. The van der Waals surface area contributed by atoms with E-state index in [9.17, 15) is 19.7 Å². The van der Waals surface area contributed by atoms with Crippen LogP contribution in [0.15, 0.2) is 18.2 Å². The van der Waals surface area contributed by atoms with E-state index in [0.29, 0.717) is 0 Å². The van der Waals surface area contributed by atoms with Crippen LogP contribution in [0.4, 0.5) is 16.2 Å². The number of benzene rings is 1. The predicted octanol–water partition coefficient (Wildman–Crippen LogP) is 2.32. The fourth-order valence-electron chi connectivity index (χ4n) is 1.83. The van der Waals surface area contributed by atoms with Crippen molar-refractivity contribution in [3.8, 4) is 0 Å². The van der Waals surface area contributed by atoms with Crippen molar-refractivity contribution in [3.05, 3.63) is 33.9 Å². The first kappa shape index (κ1) is 19.2. The summed E-state index contributed by atoms with van der Waals surface area (Å²) in [4.78, 5) is 33.7. The van der Waals surface area contributed by atoms with Crippen molar-refractivity contribution in [2.24, 2.45) is 0 Å². The Hall–Kier alpha value is -2.84. The van der Waals surface area contributed by atoms with Gasteiger partial charge in [-0.1, -0.05) is 6.07 Å². The topological polar surface area (TPSA) is 120 Å². The number of amides is 1. The normalized spacial score (nSPS) is 10.7. The molecule has 9 heteroatoms. The molecule has 0 fully saturated rings. The quantitative estimate of drug-likeness (QED) is 0.353. The zero-order chi connectivity index (χ0) is 18.3. The summed E-state index contributed by atoms with van der Waals surface area (Å²) in [6, 6.07) is 4.19. The third-order valence-corrected chi connectivity index (χ3v) is 2.74. The van der Waals surface area contributed by atoms with Gasteiger partial charge in [0.15, 0.2) is 5.56 Å². The summed E-state index contributed by atoms with van der Waals surface area (Å²) in [7, 11) is 1.15. The Morgan fingerprint density at radius 2 is 1.92 bits per heavy atom. The Bertz CT molecular complexity index is 624. The van der Waals surface area contributed by atoms with Crippen LogP contribution in [0.25, 0.3) is 0 Å². The maximum absolute atomic E-state index is 11.8. The number of nitro benzene ring substituents is 1. The Balaban J connectivity index is 2.72. The van der Waals surface area contributed by atoms with Crippen molar-refractivity contribution in [2.45, 2.75) is 26.4 Å². The lowest BCUT2D eigenvalue weighted by Crippen LogP contribution is -2.35. The largest absolute Gasteiger partial charge is 0.465 e. The number of hydrogen-bond acceptors (Lipinski definition) is 7. The summed E-state index contributed by atoms with van der Waals surface area (Å²) >= 11 is 0. The fraction of sp³-hybridized carbons (Fsp3) is 0.467. The summed E-state index contributed by atoms with van der Waals surface area (Å²) in [6.45, 7) is 5.69. The van der Waals surface area contributed by atoms with Gasteiger partial charge in [0, 0.05) is 19.2 Å². The lowest BCUT2D eigenvalue weighted by atomic mass is 10.1. The lowest BCUT2D eigenvalue weighted by molar-refractivity contribution is -0.385. The van der Waals surface area contributed by atoms with Gasteiger partial charge in [-0.25, -0.2) is 9.59 Å². The van der Waals surface area contributed by atoms with Gasteiger partial charge in [0.1, 0.15) is 5.60 Å². The fourth-order valence-corrected chi connectivity index (χ4v) is 1.83. The molecule has 2 N–H and O–H groups in total. The number of carbonyl (C=O) groups excluding carboxylic acids is 2. The molecule has 0 heterocycles. The monoisotopic (exact) mass is 339 g/mol. The molecule has 0 atom stereocenters. The molecule has 24 heavy (non-hydrogen) atoms. The van der Waals surface area contributed by atoms with E-state index in [1.54, 1.807) is 20.8 Å². The summed E-state index contributed by atoms with van der Waals surface area (Å²) in [5.74, 6) is -0.815. The minimum absolute atomic E-state index is 0.165. The zero-order valence-corrected chi connectivity index (χ0v) is 14.0. The molecule has 0 radical (unpaired) electrons. The molecule has 0 saturated heterocycles. The number of carbonyl (C=O) groups is 2. The second kappa shape index (κ2) is 8.14. The van der Waals surface area contributed by atoms with Gasteiger partial charge in [0.25, 0.3) is 5.69 Å². The molecule has 0 aliphatic carbocycles. The summed E-state index contributed by atoms with van der Waals surface area (Å²) < 4.78 is 9.67. The third-order valence-electron chi connectivity index (χ3n) is 2.74. The predicted molar refractivity (Wildman–Crippen MR) is 87.2 cm³/mol. The van der Waals surface area contributed by atoms with Crippen molar-refractivity contribution in [2.75, 3.05) is 25.5 Å². The van der Waals surface area contributed by atoms with E-state index in [4.69, 9.17) is 4.74 Å². The summed E-state index contributed by atoms with van der Waals surface area (Å²) in [5, 5.41) is 16.4. The smallest absolute Gasteiger partial charge is 0.407 e. The Labute approximate surface area is 139 Å². The van der Waals surface area contributed by atoms with Gasteiger partial charge in [-0.15, -0.1) is 0 Å². The lowest BCUT2D eigenvalue weighted by Gasteiger charge is -2.19. The van der Waals surface area contributed by atoms with E-state index in [0.717, 1.165) is 7.11 Å². The van der Waals surface area contributed by atoms with Gasteiger partial charge < -0.3 is 20.1 Å². The second-order valence-corrected chi connectivity index (χ2v) is 5.80. The van der Waals surface area contributed by atoms with Crippen molar-refractivity contribution >= 4 is 23.4 Å². The van der Waals surface area contributed by atoms with Crippen LogP contribution in [0.3, 0.4) is 0 Å². The first-order chi connectivity index (χ1) is 11.2. The Morgan fingerprint density at radius 1 is 1.25 bits per heavy atom. The van der Waals surface area contributed by atoms with Gasteiger partial charge in [-0.2, -0.15) is 0 Å². The van der Waals surface area contributed by atoms with E-state index in [2.05, 4.69) is 15.4 Å². The molecule has 0 unspecified atom stereocenters. The minimum Gasteiger partial charge on any atom is -0.465 e. The van der Waals surface area contributed by atoms with Gasteiger partial charge in [0.05, 0.1) is 17.7 Å². The number of anilines is 1. The standard InChI is InChI=1S/C15H21N3O6/c1-15(2,3)24-14(20)17-9-8-16-10-6-5-7-11(18(21)22)12(10)13(19)23-4/h5-7,16H,8-9H2,1-4H3,(H,17,20). The van der Waals surface area contributed by atoms with E-state index >= 15 is 0 Å². The van der Waals surface area contributed by atoms with E-state index in [1.807, 2.05) is 0 Å². The number of hydrogen-bond donors (Lipinski definition) is 2. The van der Waals surface area contributed by atoms with Crippen LogP contribution in [-0.2, 0) is 9.47 Å². The Kier molecular flexibility index (Phi) is 6.51. The van der Waals surface area contributed by atoms with Crippen molar-refractivity contribution in [1.82, 2.24) is 5.32 Å². The highest BCUT2D eigenvalue weighted by Gasteiger charge is 2.24. The molecular weight excluding hydrogens is 318 g/mol. The highest BCUT2D eigenvalue weighted by atomic mass is 16.6. The molecule has 0 aliphatic heterocycles. The number of esters is 1. The number of nitrogens with zero attached hydrogens (tertiary/aromatic N) is 1. The van der Waals surface area contributed by atoms with Crippen LogP contribution in [0.1, 0.15) is 31.1 Å². The molecule has 9 nitrogen and oxygen atoms in total. The summed E-state index contributed by atoms with van der Waals surface area (Å²) in [5.41, 5.74) is -0.869. The molecule has 1 aromatic carbocycles. The SMILES string of the molecule is COC(=O)c1c(NCCNC(=O)OC(C)(C)C)cccc1[N+](=O)[O-]. The first-order valence-corrected chi connectivity index (χ1v) is 7.22. The molecule has 0 saturated carbocycles. The Morgan fingerprint density at radius 3 is 2.46 bits per heavy atom. The van der Waals surface area contributed by atoms with Gasteiger partial charge in [0.2, 0.25) is 0 Å². The maximum Gasteiger partial charge on any atom is 0.407 e. The molecule has 0 aliphatic rings. The van der Waals surface area contributed by atoms with Gasteiger partial charge in [-0.05, 0) is 26.8 Å². The maximum atomic E-state index is 11.8. The van der Waals surface area contributed by atoms with Crippen LogP contribution < -0.4 is 10.6 Å². The molecule has 0 spiro atoms. The average molecular weight is 339 g/mol. The van der Waals surface area contributed by atoms with Crippen molar-refractivity contribution in [1.29, 1.82) is 0 Å². The first-order valence-electron chi connectivity index (χ1n) is 7.22. The van der Waals surface area contributed by atoms with Crippen LogP contribution in [0.2, 0.25) is 0 Å². The minimum atomic E-state index is -0.815. The van der Waals surface area contributed by atoms with Crippen LogP contribution in [-0.4, -0.2) is 42.8 Å². The number of alkyl carbamates (subject to hydrolysis) is 1. The van der Waals surface area contributed by atoms with Crippen molar-refractivity contribution < 1.29 is 24.0 Å². The van der Waals surface area contributed by atoms with E-state index < -0.39 is 22.6 Å². The highest BCUT2D eigenvalue weighted by molar-refractivity contribution is 6.00. The number of ether oxygens (including phenoxy) is 2. The number of nitrogens with one attached hydrogen (secondary N) is 2. The molecule has 1 amide bonds. The highest BCUT2D eigenvalue weighted by Crippen LogP contribution is 2.26. The van der Waals surface area contributed by atoms with E-state index in [1.165, 1.54) is 18.2 Å². The molecule has 1 rings (SSSR count). The van der Waals surface area contributed by atoms with Crippen LogP contribution >= 0.6 is 0 Å². The molecule has 0 bridgehead atoms. The number of methoxy groups -OCH3 is 1. The molecule has 0 aromatic heterocycles. The van der Waals surface area contributed by atoms with Crippen LogP contribution in [0, 0.1) is 10.1 Å². The number of rotatable bonds is 6. The van der Waals surface area contributed by atoms with E-state index in [-0.39, 0.29) is 30.0 Å². The molecular formula is C15H21N3O6. The average Bonchev–Trinajstić information content (AvgIpc) is 2.48. The molecule has 1 aromatic rings. The zero-order valence-electron chi connectivity index (χ0n) is 14.0. The summed E-state index contributed by atoms with van der Waals surface area (Å²) in [6.07, 6.45) is -0.573. The van der Waals surface area contributed by atoms with Gasteiger partial charge in [-0.3, -0.25) is 10.1 Å². The molecule has 132 valence electrons. The number of nitro groups is 1. The van der Waals surface area contributed by atoms with Crippen LogP contribution in [0.5, 0.6) is 0 Å².